The molecule has 2 aromatic heterocycles. The Hall–Kier alpha value is -2.05. The number of nitrogens with zero attached hydrogens (tertiary/aromatic N) is 3. The number of H-pyrrole nitrogens is 1. The molecule has 0 radical (unpaired) electrons. The predicted molar refractivity (Wildman–Crippen MR) is 50.6 cm³/mol. The van der Waals surface area contributed by atoms with Gasteiger partial charge in [-0.25, -0.2) is 9.48 Å². The van der Waals surface area contributed by atoms with Crippen LogP contribution >= 0.6 is 0 Å². The maximum Gasteiger partial charge on any atom is 0.439 e. The summed E-state index contributed by atoms with van der Waals surface area (Å²) in [5, 5.41) is 7.75. The van der Waals surface area contributed by atoms with Crippen molar-refractivity contribution in [1.82, 2.24) is 19.9 Å². The van der Waals surface area contributed by atoms with Crippen LogP contribution in [0.1, 0.15) is 5.69 Å². The quantitative estimate of drug-likeness (QED) is 0.758. The highest BCUT2D eigenvalue weighted by Crippen LogP contribution is 2.29. The molecule has 2 rings (SSSR count). The molecule has 0 unspecified atom stereocenters. The van der Waals surface area contributed by atoms with Crippen LogP contribution in [0.5, 0.6) is 5.88 Å². The summed E-state index contributed by atoms with van der Waals surface area (Å²) in [4.78, 5) is 13.3. The van der Waals surface area contributed by atoms with Crippen molar-refractivity contribution in [3.63, 3.8) is 0 Å². The van der Waals surface area contributed by atoms with Crippen molar-refractivity contribution in [2.24, 2.45) is 7.05 Å². The maximum absolute atomic E-state index is 10.8. The molecule has 0 bridgehead atoms. The zero-order valence-corrected chi connectivity index (χ0v) is 8.57. The van der Waals surface area contributed by atoms with Gasteiger partial charge in [-0.1, -0.05) is 5.16 Å². The first-order chi connectivity index (χ1) is 7.13. The van der Waals surface area contributed by atoms with Crippen molar-refractivity contribution in [2.45, 2.75) is 6.92 Å². The average molecular weight is 210 g/mol. The molecule has 0 saturated heterocycles. The van der Waals surface area contributed by atoms with Crippen LogP contribution in [0, 0.1) is 6.92 Å². The van der Waals surface area contributed by atoms with E-state index in [0.29, 0.717) is 23.0 Å². The van der Waals surface area contributed by atoms with Crippen LogP contribution in [0.2, 0.25) is 0 Å². The molecular weight excluding hydrogens is 200 g/mol. The fourth-order valence-electron chi connectivity index (χ4n) is 1.48. The lowest BCUT2D eigenvalue weighted by molar-refractivity contribution is 0.372. The summed E-state index contributed by atoms with van der Waals surface area (Å²) in [6, 6.07) is 0. The van der Waals surface area contributed by atoms with Crippen molar-refractivity contribution in [1.29, 1.82) is 0 Å². The molecule has 0 saturated carbocycles. The third-order valence-electron chi connectivity index (χ3n) is 2.04. The largest absolute Gasteiger partial charge is 0.481 e. The lowest BCUT2D eigenvalue weighted by Gasteiger charge is -2.00. The molecule has 2 heterocycles. The number of ether oxygens (including phenoxy) is 1. The first-order valence-electron chi connectivity index (χ1n) is 4.27. The number of aryl methyl sites for hydroxylation is 2. The molecule has 0 spiro atoms. The highest BCUT2D eigenvalue weighted by atomic mass is 16.5. The topological polar surface area (TPSA) is 85.9 Å². The number of hydrogen-bond acceptors (Lipinski definition) is 5. The van der Waals surface area contributed by atoms with Gasteiger partial charge >= 0.3 is 5.76 Å². The molecule has 0 amide bonds. The summed E-state index contributed by atoms with van der Waals surface area (Å²) in [5.41, 5.74) is 1.34. The standard InChI is InChI=1S/C8H10N4O3/c1-4-5(6-9-8(13)15-11-6)7(14-3)12(2)10-4/h1-3H3,(H,9,11,13). The van der Waals surface area contributed by atoms with Crippen molar-refractivity contribution < 1.29 is 9.26 Å². The number of aromatic nitrogens is 4. The second kappa shape index (κ2) is 3.26. The summed E-state index contributed by atoms with van der Waals surface area (Å²) in [6.45, 7) is 1.80. The number of rotatable bonds is 2. The lowest BCUT2D eigenvalue weighted by atomic mass is 10.2. The smallest absolute Gasteiger partial charge is 0.439 e. The van der Waals surface area contributed by atoms with E-state index in [1.807, 2.05) is 0 Å². The molecule has 0 atom stereocenters. The van der Waals surface area contributed by atoms with Gasteiger partial charge in [0.1, 0.15) is 5.56 Å². The molecule has 1 N–H and O–H groups in total. The summed E-state index contributed by atoms with van der Waals surface area (Å²) >= 11 is 0. The average Bonchev–Trinajstić information content (AvgIpc) is 2.70. The van der Waals surface area contributed by atoms with Crippen molar-refractivity contribution in [2.75, 3.05) is 7.11 Å². The van der Waals surface area contributed by atoms with E-state index in [4.69, 9.17) is 4.74 Å². The van der Waals surface area contributed by atoms with E-state index < -0.39 is 5.76 Å². The van der Waals surface area contributed by atoms with Crippen LogP contribution in [0.25, 0.3) is 11.4 Å². The van der Waals surface area contributed by atoms with Crippen molar-refractivity contribution in [3.8, 4) is 17.3 Å². The van der Waals surface area contributed by atoms with Gasteiger partial charge < -0.3 is 4.74 Å². The van der Waals surface area contributed by atoms with E-state index in [1.54, 1.807) is 18.7 Å². The van der Waals surface area contributed by atoms with Gasteiger partial charge in [0, 0.05) is 7.05 Å². The van der Waals surface area contributed by atoms with E-state index in [0.717, 1.165) is 0 Å². The van der Waals surface area contributed by atoms with Gasteiger partial charge in [-0.05, 0) is 6.92 Å². The van der Waals surface area contributed by atoms with Crippen LogP contribution < -0.4 is 10.5 Å². The maximum atomic E-state index is 10.8. The highest BCUT2D eigenvalue weighted by molar-refractivity contribution is 5.64. The Morgan fingerprint density at radius 3 is 2.80 bits per heavy atom. The Morgan fingerprint density at radius 2 is 2.27 bits per heavy atom. The Labute approximate surface area is 84.7 Å². The van der Waals surface area contributed by atoms with Crippen molar-refractivity contribution in [3.05, 3.63) is 16.2 Å². The third kappa shape index (κ3) is 1.41. The van der Waals surface area contributed by atoms with Gasteiger partial charge in [0.15, 0.2) is 5.82 Å². The van der Waals surface area contributed by atoms with Gasteiger partial charge in [-0.2, -0.15) is 5.10 Å². The molecule has 2 aromatic rings. The van der Waals surface area contributed by atoms with E-state index in [9.17, 15) is 4.79 Å². The molecule has 0 aliphatic rings. The van der Waals surface area contributed by atoms with Crippen LogP contribution in [-0.4, -0.2) is 27.0 Å². The minimum atomic E-state index is -0.602. The summed E-state index contributed by atoms with van der Waals surface area (Å²) < 4.78 is 11.2. The molecule has 7 heteroatoms. The minimum Gasteiger partial charge on any atom is -0.481 e. The summed E-state index contributed by atoms with van der Waals surface area (Å²) in [6.07, 6.45) is 0. The molecular formula is C8H10N4O3. The Kier molecular flexibility index (Phi) is 2.07. The monoisotopic (exact) mass is 210 g/mol. The Bertz CT molecular complexity index is 536. The van der Waals surface area contributed by atoms with Gasteiger partial charge in [-0.3, -0.25) is 9.51 Å². The van der Waals surface area contributed by atoms with Gasteiger partial charge in [0.25, 0.3) is 0 Å². The molecule has 80 valence electrons. The van der Waals surface area contributed by atoms with Crippen LogP contribution in [0.4, 0.5) is 0 Å². The molecule has 0 aromatic carbocycles. The van der Waals surface area contributed by atoms with Crippen molar-refractivity contribution >= 4 is 0 Å². The van der Waals surface area contributed by atoms with Gasteiger partial charge in [-0.15, -0.1) is 0 Å². The van der Waals surface area contributed by atoms with E-state index >= 15 is 0 Å². The fraction of sp³-hybridized carbons (Fsp3) is 0.375. The SMILES string of the molecule is COc1c(-c2noc(=O)[nH]2)c(C)nn1C. The van der Waals surface area contributed by atoms with E-state index in [-0.39, 0.29) is 0 Å². The minimum absolute atomic E-state index is 0.322. The number of aromatic amines is 1. The van der Waals surface area contributed by atoms with Crippen LogP contribution in [-0.2, 0) is 7.05 Å². The lowest BCUT2D eigenvalue weighted by Crippen LogP contribution is -1.97. The van der Waals surface area contributed by atoms with Crippen LogP contribution in [0.3, 0.4) is 0 Å². The second-order valence-corrected chi connectivity index (χ2v) is 3.04. The highest BCUT2D eigenvalue weighted by Gasteiger charge is 2.19. The van der Waals surface area contributed by atoms with E-state index in [1.165, 1.54) is 7.11 Å². The third-order valence-corrected chi connectivity index (χ3v) is 2.04. The molecule has 7 nitrogen and oxygen atoms in total. The number of nitrogens with one attached hydrogen (secondary N) is 1. The summed E-state index contributed by atoms with van der Waals surface area (Å²) in [5.74, 6) is 0.245. The predicted octanol–water partition coefficient (Wildman–Crippen LogP) is 0.0804. The number of methoxy groups -OCH3 is 1. The zero-order valence-electron chi connectivity index (χ0n) is 8.57. The van der Waals surface area contributed by atoms with E-state index in [2.05, 4.69) is 19.8 Å². The molecule has 0 aliphatic heterocycles. The van der Waals surface area contributed by atoms with Gasteiger partial charge in [0.05, 0.1) is 12.8 Å². The molecule has 15 heavy (non-hydrogen) atoms. The van der Waals surface area contributed by atoms with Crippen LogP contribution in [0.15, 0.2) is 9.32 Å². The first kappa shape index (κ1) is 9.50. The summed E-state index contributed by atoms with van der Waals surface area (Å²) in [7, 11) is 3.27. The number of hydrogen-bond donors (Lipinski definition) is 1. The normalized spacial score (nSPS) is 10.6. The first-order valence-corrected chi connectivity index (χ1v) is 4.27. The zero-order chi connectivity index (χ0) is 11.0. The fourth-order valence-corrected chi connectivity index (χ4v) is 1.48. The molecule has 0 fully saturated rings. The van der Waals surface area contributed by atoms with Gasteiger partial charge in [0.2, 0.25) is 5.88 Å². The second-order valence-electron chi connectivity index (χ2n) is 3.04. The molecule has 0 aliphatic carbocycles. The Morgan fingerprint density at radius 1 is 1.53 bits per heavy atom. The Balaban J connectivity index is 2.66.